The number of esters is 1. The van der Waals surface area contributed by atoms with Gasteiger partial charge in [-0.05, 0) is 107 Å². The van der Waals surface area contributed by atoms with Crippen LogP contribution in [0.4, 0.5) is 13.6 Å². The Hall–Kier alpha value is -3.20. The Morgan fingerprint density at radius 1 is 1.05 bits per heavy atom. The lowest BCUT2D eigenvalue weighted by molar-refractivity contribution is -0.145. The Kier molecular flexibility index (Phi) is 9.89. The first-order valence-corrected chi connectivity index (χ1v) is 14.4. The van der Waals surface area contributed by atoms with Crippen molar-refractivity contribution in [3.63, 3.8) is 0 Å². The van der Waals surface area contributed by atoms with Gasteiger partial charge in [0, 0.05) is 13.0 Å². The number of hydrogen-bond acceptors (Lipinski definition) is 6. The molecule has 1 aliphatic carbocycles. The Morgan fingerprint density at radius 3 is 2.44 bits per heavy atom. The Labute approximate surface area is 241 Å². The Balaban J connectivity index is 1.39. The van der Waals surface area contributed by atoms with E-state index in [1.54, 1.807) is 45.0 Å². The molecule has 1 amide bonds. The molecule has 1 saturated carbocycles. The number of hydrogen-bond donors (Lipinski definition) is 1. The van der Waals surface area contributed by atoms with Crippen LogP contribution in [-0.4, -0.2) is 55.4 Å². The molecule has 2 fully saturated rings. The summed E-state index contributed by atoms with van der Waals surface area (Å²) in [5, 5.41) is 3.16. The molecule has 2 aliphatic rings. The van der Waals surface area contributed by atoms with Crippen LogP contribution < -0.4 is 10.1 Å². The van der Waals surface area contributed by atoms with E-state index < -0.39 is 35.6 Å². The summed E-state index contributed by atoms with van der Waals surface area (Å²) in [5.74, 6) is -0.481. The molecule has 0 aromatic heterocycles. The number of likely N-dealkylation sites (tertiary alicyclic amines) is 1. The van der Waals surface area contributed by atoms with E-state index in [1.807, 2.05) is 13.1 Å². The molecule has 4 rings (SSSR count). The highest BCUT2D eigenvalue weighted by molar-refractivity contribution is 5.82. The van der Waals surface area contributed by atoms with Crippen LogP contribution in [-0.2, 0) is 27.2 Å². The lowest BCUT2D eigenvalue weighted by atomic mass is 9.75. The fourth-order valence-electron chi connectivity index (χ4n) is 6.03. The van der Waals surface area contributed by atoms with Crippen LogP contribution in [0.5, 0.6) is 5.75 Å². The van der Waals surface area contributed by atoms with E-state index in [1.165, 1.54) is 18.1 Å². The van der Waals surface area contributed by atoms with Crippen molar-refractivity contribution in [2.45, 2.75) is 89.5 Å². The maximum atomic E-state index is 15.6. The zero-order chi connectivity index (χ0) is 29.7. The number of amides is 1. The van der Waals surface area contributed by atoms with Crippen LogP contribution in [0, 0.1) is 17.6 Å². The molecule has 0 spiro atoms. The van der Waals surface area contributed by atoms with E-state index in [0.29, 0.717) is 30.4 Å². The van der Waals surface area contributed by atoms with Crippen LogP contribution in [0.25, 0.3) is 0 Å². The zero-order valence-electron chi connectivity index (χ0n) is 24.7. The third kappa shape index (κ3) is 7.76. The zero-order valence-corrected chi connectivity index (χ0v) is 24.7. The molecule has 9 heteroatoms. The van der Waals surface area contributed by atoms with Gasteiger partial charge in [-0.3, -0.25) is 4.90 Å². The second-order valence-electron chi connectivity index (χ2n) is 12.2. The molecule has 2 aromatic rings. The summed E-state index contributed by atoms with van der Waals surface area (Å²) in [6.45, 7) is 6.02. The molecule has 1 saturated heterocycles. The van der Waals surface area contributed by atoms with E-state index >= 15 is 4.39 Å². The summed E-state index contributed by atoms with van der Waals surface area (Å²) < 4.78 is 46.0. The molecule has 0 radical (unpaired) electrons. The van der Waals surface area contributed by atoms with Gasteiger partial charge >= 0.3 is 12.1 Å². The van der Waals surface area contributed by atoms with Gasteiger partial charge in [0.15, 0.2) is 11.6 Å². The van der Waals surface area contributed by atoms with E-state index in [9.17, 15) is 14.0 Å². The summed E-state index contributed by atoms with van der Waals surface area (Å²) in [5.41, 5.74) is 2.04. The van der Waals surface area contributed by atoms with Gasteiger partial charge < -0.3 is 19.5 Å². The van der Waals surface area contributed by atoms with E-state index in [4.69, 9.17) is 14.2 Å². The van der Waals surface area contributed by atoms with Gasteiger partial charge in [-0.15, -0.1) is 0 Å². The molecule has 41 heavy (non-hydrogen) atoms. The average Bonchev–Trinajstić information content (AvgIpc) is 3.35. The highest BCUT2D eigenvalue weighted by Crippen LogP contribution is 2.39. The highest BCUT2D eigenvalue weighted by atomic mass is 19.1. The number of nitrogens with one attached hydrogen (secondary N) is 1. The minimum atomic E-state index is -0.868. The molecular formula is C32H42F2N2O5. The number of carbonyl (C=O) groups is 2. The first kappa shape index (κ1) is 30.8. The van der Waals surface area contributed by atoms with Crippen molar-refractivity contribution >= 4 is 12.1 Å². The number of rotatable bonds is 8. The Bertz CT molecular complexity index is 1220. The SMILES string of the molecule is CNCc1ccc(F)cc1C1CCC(Cc2cccc(O[C@H]3C[C@@H](C(=O)OC)N(C(=O)OC(C)(C)C)C3)c2F)CC1. The average molecular weight is 573 g/mol. The van der Waals surface area contributed by atoms with Gasteiger partial charge in [0.05, 0.1) is 13.7 Å². The minimum Gasteiger partial charge on any atom is -0.485 e. The van der Waals surface area contributed by atoms with E-state index in [0.717, 1.165) is 36.8 Å². The van der Waals surface area contributed by atoms with E-state index in [2.05, 4.69) is 5.32 Å². The molecule has 1 heterocycles. The second kappa shape index (κ2) is 13.2. The van der Waals surface area contributed by atoms with Gasteiger partial charge in [0.25, 0.3) is 0 Å². The standard InChI is InChI=1S/C32H42F2N2O5/c1-32(2,3)41-31(38)36-19-25(17-27(36)30(37)39-5)40-28-8-6-7-22(29(28)34)15-20-9-11-21(12-10-20)26-16-24(33)14-13-23(26)18-35-4/h6-8,13-14,16,20-21,25,27,35H,9-12,15,17-19H2,1-5H3/t20?,21?,25-,27-/m0/s1. The quantitative estimate of drug-likeness (QED) is 0.384. The normalized spacial score (nSPS) is 22.9. The molecule has 1 N–H and O–H groups in total. The van der Waals surface area contributed by atoms with Crippen LogP contribution in [0.3, 0.4) is 0 Å². The van der Waals surface area contributed by atoms with Gasteiger partial charge in [0.1, 0.15) is 23.6 Å². The number of benzene rings is 2. The monoisotopic (exact) mass is 572 g/mol. The molecule has 2 aromatic carbocycles. The lowest BCUT2D eigenvalue weighted by Crippen LogP contribution is -2.44. The third-order valence-electron chi connectivity index (χ3n) is 7.97. The van der Waals surface area contributed by atoms with Crippen LogP contribution >= 0.6 is 0 Å². The number of ether oxygens (including phenoxy) is 3. The largest absolute Gasteiger partial charge is 0.485 e. The number of halogens is 2. The van der Waals surface area contributed by atoms with Crippen molar-refractivity contribution < 1.29 is 32.6 Å². The van der Waals surface area contributed by atoms with Crippen molar-refractivity contribution in [1.29, 1.82) is 0 Å². The molecule has 1 aliphatic heterocycles. The molecule has 7 nitrogen and oxygen atoms in total. The van der Waals surface area contributed by atoms with Crippen LogP contribution in [0.15, 0.2) is 36.4 Å². The van der Waals surface area contributed by atoms with Crippen LogP contribution in [0.1, 0.15) is 75.5 Å². The molecule has 0 bridgehead atoms. The van der Waals surface area contributed by atoms with Crippen molar-refractivity contribution in [2.75, 3.05) is 20.7 Å². The maximum absolute atomic E-state index is 15.6. The fraction of sp³-hybridized carbons (Fsp3) is 0.562. The second-order valence-corrected chi connectivity index (χ2v) is 12.2. The summed E-state index contributed by atoms with van der Waals surface area (Å²) in [7, 11) is 3.15. The van der Waals surface area contributed by atoms with Crippen LogP contribution in [0.2, 0.25) is 0 Å². The van der Waals surface area contributed by atoms with Crippen molar-refractivity contribution in [3.8, 4) is 5.75 Å². The summed E-state index contributed by atoms with van der Waals surface area (Å²) in [4.78, 5) is 26.4. The summed E-state index contributed by atoms with van der Waals surface area (Å²) in [6.07, 6.45) is 3.25. The van der Waals surface area contributed by atoms with Crippen molar-refractivity contribution in [1.82, 2.24) is 10.2 Å². The number of nitrogens with zero attached hydrogens (tertiary/aromatic N) is 1. The van der Waals surface area contributed by atoms with Gasteiger partial charge in [-0.2, -0.15) is 0 Å². The fourth-order valence-corrected chi connectivity index (χ4v) is 6.03. The third-order valence-corrected chi connectivity index (χ3v) is 7.97. The molecule has 224 valence electrons. The summed E-state index contributed by atoms with van der Waals surface area (Å²) in [6, 6.07) is 9.30. The van der Waals surface area contributed by atoms with Crippen molar-refractivity contribution in [2.24, 2.45) is 5.92 Å². The first-order valence-electron chi connectivity index (χ1n) is 14.4. The van der Waals surface area contributed by atoms with Crippen molar-refractivity contribution in [3.05, 3.63) is 64.7 Å². The lowest BCUT2D eigenvalue weighted by Gasteiger charge is -2.30. The summed E-state index contributed by atoms with van der Waals surface area (Å²) >= 11 is 0. The number of methoxy groups -OCH3 is 1. The molecule has 2 atom stereocenters. The Morgan fingerprint density at radius 2 is 1.78 bits per heavy atom. The predicted octanol–water partition coefficient (Wildman–Crippen LogP) is 6.13. The molecule has 0 unspecified atom stereocenters. The van der Waals surface area contributed by atoms with E-state index in [-0.39, 0.29) is 24.5 Å². The smallest absolute Gasteiger partial charge is 0.411 e. The highest BCUT2D eigenvalue weighted by Gasteiger charge is 2.43. The molecular weight excluding hydrogens is 530 g/mol. The topological polar surface area (TPSA) is 77.1 Å². The van der Waals surface area contributed by atoms with Gasteiger partial charge in [-0.25, -0.2) is 18.4 Å². The number of carbonyl (C=O) groups excluding carboxylic acids is 2. The first-order chi connectivity index (χ1) is 19.5. The maximum Gasteiger partial charge on any atom is 0.411 e. The van der Waals surface area contributed by atoms with Gasteiger partial charge in [-0.1, -0.05) is 18.2 Å². The minimum absolute atomic E-state index is 0.0813. The predicted molar refractivity (Wildman–Crippen MR) is 152 cm³/mol. The van der Waals surface area contributed by atoms with Gasteiger partial charge in [0.2, 0.25) is 0 Å².